The van der Waals surface area contributed by atoms with Gasteiger partial charge in [0.25, 0.3) is 0 Å². The molecule has 2 aromatic carbocycles. The van der Waals surface area contributed by atoms with Crippen molar-refractivity contribution in [1.82, 2.24) is 15.2 Å². The number of hydrogen-bond donors (Lipinski definition) is 2. The van der Waals surface area contributed by atoms with E-state index in [2.05, 4.69) is 71.7 Å². The summed E-state index contributed by atoms with van der Waals surface area (Å²) in [6, 6.07) is 15.1. The quantitative estimate of drug-likeness (QED) is 0.605. The first kappa shape index (κ1) is 20.8. The number of carbonyl (C=O) groups is 1. The lowest BCUT2D eigenvalue weighted by Crippen LogP contribution is -2.49. The molecule has 1 aliphatic carbocycles. The van der Waals surface area contributed by atoms with Gasteiger partial charge in [-0.1, -0.05) is 37.3 Å². The number of aromatic amines is 1. The second kappa shape index (κ2) is 8.47. The fraction of sp³-hybridized carbons (Fsp3) is 0.370. The van der Waals surface area contributed by atoms with Crippen molar-refractivity contribution < 1.29 is 9.53 Å². The van der Waals surface area contributed by atoms with Crippen LogP contribution in [0.1, 0.15) is 37.0 Å². The number of amides is 1. The standard InChI is InChI=1S/C27H31N3O2/c1-4-17(2)29-27(31)20-12-23-22-9-6-10-24-26(22)19(14-28-24)13-25(23)30(16-20)15-18-7-5-8-21(11-18)32-3/h5-12,14,17,20,25,28H,4,13,15-16H2,1-3H3,(H,29,31)/t17-,20+,25-/m1/s1. The van der Waals surface area contributed by atoms with Gasteiger partial charge in [-0.05, 0) is 60.2 Å². The van der Waals surface area contributed by atoms with Crippen LogP contribution < -0.4 is 10.1 Å². The maximum Gasteiger partial charge on any atom is 0.228 e. The molecular weight excluding hydrogens is 398 g/mol. The van der Waals surface area contributed by atoms with Crippen molar-refractivity contribution in [2.75, 3.05) is 13.7 Å². The smallest absolute Gasteiger partial charge is 0.228 e. The van der Waals surface area contributed by atoms with Crippen LogP contribution in [0, 0.1) is 5.92 Å². The lowest BCUT2D eigenvalue weighted by Gasteiger charge is -2.42. The van der Waals surface area contributed by atoms with Gasteiger partial charge in [0.15, 0.2) is 0 Å². The van der Waals surface area contributed by atoms with E-state index >= 15 is 0 Å². The average Bonchev–Trinajstić information content (AvgIpc) is 3.23. The maximum atomic E-state index is 13.2. The van der Waals surface area contributed by atoms with Gasteiger partial charge < -0.3 is 15.0 Å². The van der Waals surface area contributed by atoms with Crippen LogP contribution in [0.5, 0.6) is 5.75 Å². The molecule has 0 bridgehead atoms. The van der Waals surface area contributed by atoms with Crippen LogP contribution in [0.4, 0.5) is 0 Å². The molecule has 0 spiro atoms. The predicted molar refractivity (Wildman–Crippen MR) is 129 cm³/mol. The number of nitrogens with one attached hydrogen (secondary N) is 2. The van der Waals surface area contributed by atoms with E-state index in [0.29, 0.717) is 6.54 Å². The molecule has 1 aromatic heterocycles. The second-order valence-electron chi connectivity index (χ2n) is 9.09. The molecule has 0 saturated carbocycles. The van der Waals surface area contributed by atoms with Gasteiger partial charge in [-0.3, -0.25) is 9.69 Å². The summed E-state index contributed by atoms with van der Waals surface area (Å²) in [4.78, 5) is 19.1. The summed E-state index contributed by atoms with van der Waals surface area (Å²) in [6.07, 6.45) is 6.26. The van der Waals surface area contributed by atoms with Crippen molar-refractivity contribution in [3.63, 3.8) is 0 Å². The monoisotopic (exact) mass is 429 g/mol. The van der Waals surface area contributed by atoms with Crippen LogP contribution in [0.3, 0.4) is 0 Å². The lowest BCUT2D eigenvalue weighted by molar-refractivity contribution is -0.125. The molecule has 2 heterocycles. The fourth-order valence-electron chi connectivity index (χ4n) is 5.12. The zero-order valence-electron chi connectivity index (χ0n) is 19.0. The van der Waals surface area contributed by atoms with Crippen LogP contribution in [-0.2, 0) is 17.8 Å². The molecular formula is C27H31N3O2. The van der Waals surface area contributed by atoms with E-state index in [4.69, 9.17) is 4.74 Å². The third-order valence-corrected chi connectivity index (χ3v) is 6.98. The highest BCUT2D eigenvalue weighted by Gasteiger charge is 2.37. The summed E-state index contributed by atoms with van der Waals surface area (Å²) >= 11 is 0. The number of benzene rings is 2. The number of methoxy groups -OCH3 is 1. The van der Waals surface area contributed by atoms with E-state index < -0.39 is 0 Å². The summed E-state index contributed by atoms with van der Waals surface area (Å²) in [5.74, 6) is 0.812. The molecule has 0 radical (unpaired) electrons. The third kappa shape index (κ3) is 3.71. The Bertz CT molecular complexity index is 1180. The van der Waals surface area contributed by atoms with Crippen molar-refractivity contribution in [3.05, 3.63) is 71.4 Å². The molecule has 5 heteroatoms. The number of H-pyrrole nitrogens is 1. The molecule has 5 rings (SSSR count). The first-order valence-corrected chi connectivity index (χ1v) is 11.6. The van der Waals surface area contributed by atoms with Crippen molar-refractivity contribution in [3.8, 4) is 5.75 Å². The molecule has 3 atom stereocenters. The summed E-state index contributed by atoms with van der Waals surface area (Å²) in [5, 5.41) is 4.50. The Morgan fingerprint density at radius 3 is 2.94 bits per heavy atom. The van der Waals surface area contributed by atoms with Crippen LogP contribution in [0.2, 0.25) is 0 Å². The van der Waals surface area contributed by atoms with Gasteiger partial charge in [0, 0.05) is 42.3 Å². The zero-order valence-corrected chi connectivity index (χ0v) is 19.0. The lowest BCUT2D eigenvalue weighted by atomic mass is 9.79. The van der Waals surface area contributed by atoms with E-state index in [9.17, 15) is 4.79 Å². The molecule has 1 amide bonds. The average molecular weight is 430 g/mol. The van der Waals surface area contributed by atoms with Gasteiger partial charge in [0.05, 0.1) is 13.0 Å². The van der Waals surface area contributed by atoms with Gasteiger partial charge in [0.1, 0.15) is 5.75 Å². The predicted octanol–water partition coefficient (Wildman–Crippen LogP) is 4.53. The Morgan fingerprint density at radius 1 is 1.28 bits per heavy atom. The van der Waals surface area contributed by atoms with Crippen molar-refractivity contribution >= 4 is 22.4 Å². The third-order valence-electron chi connectivity index (χ3n) is 6.98. The molecule has 1 aliphatic heterocycles. The SMILES string of the molecule is CC[C@@H](C)NC(=O)[C@H]1C=C2c3cccc4[nH]cc(c34)C[C@H]2N(Cc2cccc(OC)c2)C1. The van der Waals surface area contributed by atoms with E-state index in [1.807, 2.05) is 12.1 Å². The molecule has 0 saturated heterocycles. The van der Waals surface area contributed by atoms with Gasteiger partial charge >= 0.3 is 0 Å². The first-order chi connectivity index (χ1) is 15.6. The van der Waals surface area contributed by atoms with E-state index in [0.717, 1.165) is 25.1 Å². The summed E-state index contributed by atoms with van der Waals surface area (Å²) < 4.78 is 5.44. The maximum absolute atomic E-state index is 13.2. The topological polar surface area (TPSA) is 57.4 Å². The number of rotatable bonds is 6. The molecule has 0 unspecified atom stereocenters. The molecule has 0 fully saturated rings. The Labute approximate surface area is 189 Å². The molecule has 2 aliphatic rings. The Hall–Kier alpha value is -3.05. The number of hydrogen-bond acceptors (Lipinski definition) is 3. The zero-order chi connectivity index (χ0) is 22.2. The molecule has 166 valence electrons. The minimum absolute atomic E-state index is 0.119. The van der Waals surface area contributed by atoms with Crippen molar-refractivity contribution in [2.24, 2.45) is 5.92 Å². The van der Waals surface area contributed by atoms with Crippen LogP contribution in [0.15, 0.2) is 54.7 Å². The number of aromatic nitrogens is 1. The Kier molecular flexibility index (Phi) is 5.51. The Balaban J connectivity index is 1.54. The highest BCUT2D eigenvalue weighted by atomic mass is 16.5. The summed E-state index contributed by atoms with van der Waals surface area (Å²) in [6.45, 7) is 5.66. The number of fused-ring (bicyclic) bond motifs is 2. The number of ether oxygens (including phenoxy) is 1. The van der Waals surface area contributed by atoms with Crippen LogP contribution >= 0.6 is 0 Å². The Morgan fingerprint density at radius 2 is 2.12 bits per heavy atom. The minimum atomic E-state index is -0.170. The first-order valence-electron chi connectivity index (χ1n) is 11.6. The second-order valence-corrected chi connectivity index (χ2v) is 9.09. The summed E-state index contributed by atoms with van der Waals surface area (Å²) in [5.41, 5.74) is 6.26. The molecule has 3 aromatic rings. The van der Waals surface area contributed by atoms with Crippen LogP contribution in [-0.4, -0.2) is 41.5 Å². The normalized spacial score (nSPS) is 21.0. The van der Waals surface area contributed by atoms with Crippen molar-refractivity contribution in [1.29, 1.82) is 0 Å². The highest BCUT2D eigenvalue weighted by Crippen LogP contribution is 2.41. The largest absolute Gasteiger partial charge is 0.497 e. The molecule has 32 heavy (non-hydrogen) atoms. The number of carbonyl (C=O) groups excluding carboxylic acids is 1. The molecule has 5 nitrogen and oxygen atoms in total. The molecule has 2 N–H and O–H groups in total. The van der Waals surface area contributed by atoms with E-state index in [1.54, 1.807) is 7.11 Å². The minimum Gasteiger partial charge on any atom is -0.497 e. The van der Waals surface area contributed by atoms with E-state index in [1.165, 1.54) is 33.2 Å². The van der Waals surface area contributed by atoms with Gasteiger partial charge in [-0.15, -0.1) is 0 Å². The van der Waals surface area contributed by atoms with E-state index in [-0.39, 0.29) is 23.9 Å². The summed E-state index contributed by atoms with van der Waals surface area (Å²) in [7, 11) is 1.70. The van der Waals surface area contributed by atoms with Gasteiger partial charge in [0.2, 0.25) is 5.91 Å². The highest BCUT2D eigenvalue weighted by molar-refractivity contribution is 5.99. The van der Waals surface area contributed by atoms with Crippen molar-refractivity contribution in [2.45, 2.75) is 45.3 Å². The van der Waals surface area contributed by atoms with Gasteiger partial charge in [-0.25, -0.2) is 0 Å². The fourth-order valence-corrected chi connectivity index (χ4v) is 5.12. The number of nitrogens with zero attached hydrogens (tertiary/aromatic N) is 1. The van der Waals surface area contributed by atoms with Gasteiger partial charge in [-0.2, -0.15) is 0 Å². The van der Waals surface area contributed by atoms with Crippen LogP contribution in [0.25, 0.3) is 16.5 Å².